The van der Waals surface area contributed by atoms with Crippen molar-refractivity contribution in [3.05, 3.63) is 0 Å². The molecule has 1 fully saturated rings. The summed E-state index contributed by atoms with van der Waals surface area (Å²) >= 11 is 0. The van der Waals surface area contributed by atoms with Gasteiger partial charge in [0.25, 0.3) is 0 Å². The number of ketones is 1. The van der Waals surface area contributed by atoms with Crippen molar-refractivity contribution in [2.45, 2.75) is 122 Å². The first-order chi connectivity index (χ1) is 10.8. The summed E-state index contributed by atoms with van der Waals surface area (Å²) in [6.07, 6.45) is 25.0. The molecule has 0 radical (unpaired) electrons. The third-order valence-electron chi connectivity index (χ3n) is 5.37. The van der Waals surface area contributed by atoms with Gasteiger partial charge in [0, 0.05) is 6.42 Å². The van der Waals surface area contributed by atoms with E-state index in [2.05, 4.69) is 0 Å². The summed E-state index contributed by atoms with van der Waals surface area (Å²) < 4.78 is 0. The highest BCUT2D eigenvalue weighted by atomic mass is 16.1. The Morgan fingerprint density at radius 2 is 1.09 bits per heavy atom. The van der Waals surface area contributed by atoms with E-state index in [1.165, 1.54) is 103 Å². The van der Waals surface area contributed by atoms with Gasteiger partial charge in [-0.2, -0.15) is 0 Å². The minimum absolute atomic E-state index is 0.350. The second kappa shape index (κ2) is 14.3. The predicted molar refractivity (Wildman–Crippen MR) is 97.3 cm³/mol. The quantitative estimate of drug-likeness (QED) is 0.292. The number of carbonyl (C=O) groups excluding carboxylic acids is 1. The van der Waals surface area contributed by atoms with Crippen molar-refractivity contribution in [3.8, 4) is 0 Å². The molecule has 1 nitrogen and oxygen atoms in total. The molecule has 0 aromatic heterocycles. The van der Waals surface area contributed by atoms with Crippen molar-refractivity contribution < 1.29 is 4.79 Å². The van der Waals surface area contributed by atoms with Gasteiger partial charge in [-0.15, -0.1) is 0 Å². The molecule has 0 saturated heterocycles. The maximum atomic E-state index is 10.8. The summed E-state index contributed by atoms with van der Waals surface area (Å²) in [5, 5.41) is 0. The van der Waals surface area contributed by atoms with Crippen LogP contribution in [-0.4, -0.2) is 5.78 Å². The van der Waals surface area contributed by atoms with Gasteiger partial charge in [-0.3, -0.25) is 0 Å². The van der Waals surface area contributed by atoms with Crippen LogP contribution in [0.3, 0.4) is 0 Å². The van der Waals surface area contributed by atoms with Crippen LogP contribution in [0.1, 0.15) is 122 Å². The van der Waals surface area contributed by atoms with Crippen LogP contribution in [0, 0.1) is 5.92 Å². The van der Waals surface area contributed by atoms with Crippen molar-refractivity contribution in [3.63, 3.8) is 0 Å². The highest BCUT2D eigenvalue weighted by Crippen LogP contribution is 2.29. The van der Waals surface area contributed by atoms with Crippen LogP contribution in [-0.2, 0) is 4.79 Å². The summed E-state index contributed by atoms with van der Waals surface area (Å²) in [7, 11) is 0. The first-order valence-corrected chi connectivity index (χ1v) is 10.3. The summed E-state index contributed by atoms with van der Waals surface area (Å²) in [5.41, 5.74) is 0. The smallest absolute Gasteiger partial charge is 0.129 e. The largest absolute Gasteiger partial charge is 0.300 e. The Bertz CT molecular complexity index is 253. The molecule has 0 heterocycles. The Labute approximate surface area is 139 Å². The summed E-state index contributed by atoms with van der Waals surface area (Å²) in [5.74, 6) is 1.44. The molecule has 0 N–H and O–H groups in total. The molecular formula is C21H40O. The van der Waals surface area contributed by atoms with Gasteiger partial charge in [-0.1, -0.05) is 103 Å². The van der Waals surface area contributed by atoms with E-state index in [0.717, 1.165) is 18.8 Å². The second-order valence-electron chi connectivity index (χ2n) is 7.63. The first-order valence-electron chi connectivity index (χ1n) is 10.3. The zero-order chi connectivity index (χ0) is 15.9. The molecule has 1 aliphatic carbocycles. The SMILES string of the molecule is CC(=O)CCCCCCCCCCCCCCC1CCCC1. The highest BCUT2D eigenvalue weighted by molar-refractivity contribution is 5.75. The Kier molecular flexibility index (Phi) is 12.8. The molecule has 0 atom stereocenters. The van der Waals surface area contributed by atoms with Gasteiger partial charge in [-0.25, -0.2) is 0 Å². The van der Waals surface area contributed by atoms with Gasteiger partial charge >= 0.3 is 0 Å². The average molecular weight is 309 g/mol. The molecule has 0 bridgehead atoms. The molecule has 0 aromatic carbocycles. The number of Topliss-reactive ketones (excluding diaryl/α,β-unsaturated/α-hetero) is 1. The van der Waals surface area contributed by atoms with Crippen molar-refractivity contribution in [2.75, 3.05) is 0 Å². The molecule has 0 aliphatic heterocycles. The third kappa shape index (κ3) is 12.2. The standard InChI is InChI=1S/C21H40O/c1-20(22)16-12-10-8-6-4-2-3-5-7-9-11-13-17-21-18-14-15-19-21/h21H,2-19H2,1H3. The lowest BCUT2D eigenvalue weighted by Gasteiger charge is -2.08. The minimum Gasteiger partial charge on any atom is -0.300 e. The van der Waals surface area contributed by atoms with Crippen molar-refractivity contribution in [2.24, 2.45) is 5.92 Å². The highest BCUT2D eigenvalue weighted by Gasteiger charge is 2.13. The lowest BCUT2D eigenvalue weighted by molar-refractivity contribution is -0.117. The van der Waals surface area contributed by atoms with E-state index in [9.17, 15) is 4.79 Å². The fourth-order valence-electron chi connectivity index (χ4n) is 3.87. The topological polar surface area (TPSA) is 17.1 Å². The molecule has 0 amide bonds. The molecule has 130 valence electrons. The molecule has 0 aromatic rings. The molecule has 0 spiro atoms. The number of hydrogen-bond acceptors (Lipinski definition) is 1. The van der Waals surface area contributed by atoms with Crippen LogP contribution in [0.25, 0.3) is 0 Å². The van der Waals surface area contributed by atoms with Crippen LogP contribution in [0.2, 0.25) is 0 Å². The van der Waals surface area contributed by atoms with Gasteiger partial charge < -0.3 is 4.79 Å². The average Bonchev–Trinajstić information content (AvgIpc) is 3.00. The number of carbonyl (C=O) groups is 1. The molecule has 22 heavy (non-hydrogen) atoms. The third-order valence-corrected chi connectivity index (χ3v) is 5.37. The molecule has 0 unspecified atom stereocenters. The van der Waals surface area contributed by atoms with E-state index < -0.39 is 0 Å². The van der Waals surface area contributed by atoms with Crippen LogP contribution < -0.4 is 0 Å². The van der Waals surface area contributed by atoms with E-state index in [1.807, 2.05) is 0 Å². The van der Waals surface area contributed by atoms with Crippen molar-refractivity contribution in [1.29, 1.82) is 0 Å². The number of hydrogen-bond donors (Lipinski definition) is 0. The Morgan fingerprint density at radius 3 is 1.55 bits per heavy atom. The first kappa shape index (κ1) is 19.7. The van der Waals surface area contributed by atoms with Crippen molar-refractivity contribution in [1.82, 2.24) is 0 Å². The van der Waals surface area contributed by atoms with Gasteiger partial charge in [-0.05, 0) is 19.3 Å². The predicted octanol–water partition coefficient (Wildman–Crippen LogP) is 7.23. The van der Waals surface area contributed by atoms with E-state index in [-0.39, 0.29) is 0 Å². The van der Waals surface area contributed by atoms with E-state index in [4.69, 9.17) is 0 Å². The van der Waals surface area contributed by atoms with Gasteiger partial charge in [0.05, 0.1) is 0 Å². The normalized spacial score (nSPS) is 15.5. The van der Waals surface area contributed by atoms with E-state index in [1.54, 1.807) is 6.92 Å². The molecule has 1 saturated carbocycles. The summed E-state index contributed by atoms with van der Waals surface area (Å²) in [6, 6.07) is 0. The zero-order valence-electron chi connectivity index (χ0n) is 15.2. The Hall–Kier alpha value is -0.330. The summed E-state index contributed by atoms with van der Waals surface area (Å²) in [4.78, 5) is 10.8. The Balaban J connectivity index is 1.67. The van der Waals surface area contributed by atoms with Crippen molar-refractivity contribution >= 4 is 5.78 Å². The maximum absolute atomic E-state index is 10.8. The molecular weight excluding hydrogens is 268 g/mol. The van der Waals surface area contributed by atoms with E-state index in [0.29, 0.717) is 5.78 Å². The maximum Gasteiger partial charge on any atom is 0.129 e. The fourth-order valence-corrected chi connectivity index (χ4v) is 3.87. The fraction of sp³-hybridized carbons (Fsp3) is 0.952. The molecule has 1 heteroatoms. The lowest BCUT2D eigenvalue weighted by atomic mass is 9.99. The summed E-state index contributed by atoms with van der Waals surface area (Å²) in [6.45, 7) is 1.70. The van der Waals surface area contributed by atoms with Gasteiger partial charge in [0.2, 0.25) is 0 Å². The monoisotopic (exact) mass is 308 g/mol. The van der Waals surface area contributed by atoms with Crippen LogP contribution in [0.15, 0.2) is 0 Å². The lowest BCUT2D eigenvalue weighted by Crippen LogP contribution is -1.92. The second-order valence-corrected chi connectivity index (χ2v) is 7.63. The minimum atomic E-state index is 0.350. The number of rotatable bonds is 15. The molecule has 1 rings (SSSR count). The van der Waals surface area contributed by atoms with Crippen LogP contribution in [0.4, 0.5) is 0 Å². The van der Waals surface area contributed by atoms with E-state index >= 15 is 0 Å². The van der Waals surface area contributed by atoms with Crippen LogP contribution in [0.5, 0.6) is 0 Å². The Morgan fingerprint density at radius 1 is 0.682 bits per heavy atom. The van der Waals surface area contributed by atoms with Gasteiger partial charge in [0.15, 0.2) is 0 Å². The van der Waals surface area contributed by atoms with Crippen LogP contribution >= 0.6 is 0 Å². The molecule has 1 aliphatic rings. The zero-order valence-corrected chi connectivity index (χ0v) is 15.2. The van der Waals surface area contributed by atoms with Gasteiger partial charge in [0.1, 0.15) is 5.78 Å². The number of unbranched alkanes of at least 4 members (excludes halogenated alkanes) is 11.